The number of carbonyl (C=O) groups excluding carboxylic acids is 3. The summed E-state index contributed by atoms with van der Waals surface area (Å²) in [6.07, 6.45) is 3.58. The van der Waals surface area contributed by atoms with Crippen LogP contribution in [0.1, 0.15) is 130 Å². The smallest absolute Gasteiger partial charge is 0.336 e. The van der Waals surface area contributed by atoms with E-state index in [0.29, 0.717) is 24.0 Å². The Morgan fingerprint density at radius 1 is 0.618 bits per heavy atom. The predicted molar refractivity (Wildman–Crippen MR) is 211 cm³/mol. The number of hydrogen-bond acceptors (Lipinski definition) is 10. The first-order valence-corrected chi connectivity index (χ1v) is 18.6. The van der Waals surface area contributed by atoms with Crippen molar-refractivity contribution in [3.8, 4) is 11.5 Å². The summed E-state index contributed by atoms with van der Waals surface area (Å²) in [5.74, 6) is -2.78. The summed E-state index contributed by atoms with van der Waals surface area (Å²) in [4.78, 5) is 48.2. The van der Waals surface area contributed by atoms with Crippen LogP contribution in [-0.4, -0.2) is 60.0 Å². The van der Waals surface area contributed by atoms with Crippen LogP contribution in [0.25, 0.3) is 0 Å². The second-order valence-electron chi connectivity index (χ2n) is 17.7. The van der Waals surface area contributed by atoms with Crippen molar-refractivity contribution in [2.45, 2.75) is 137 Å². The number of benzene rings is 2. The molecule has 1 unspecified atom stereocenters. The van der Waals surface area contributed by atoms with E-state index in [1.807, 2.05) is 72.7 Å². The van der Waals surface area contributed by atoms with Gasteiger partial charge >= 0.3 is 23.9 Å². The van der Waals surface area contributed by atoms with Gasteiger partial charge in [0.05, 0.1) is 26.4 Å². The lowest BCUT2D eigenvalue weighted by Gasteiger charge is -2.30. The highest BCUT2D eigenvalue weighted by Crippen LogP contribution is 2.42. The van der Waals surface area contributed by atoms with Gasteiger partial charge in [-0.05, 0) is 74.6 Å². The van der Waals surface area contributed by atoms with Gasteiger partial charge in [0.25, 0.3) is 0 Å². The van der Waals surface area contributed by atoms with Gasteiger partial charge in [-0.15, -0.1) is 0 Å². The largest absolute Gasteiger partial charge is 0.507 e. The SMILES string of the molecule is CCC(COCc1cc(C(C)(C)C)c(O)c(C(C)(C)C)c1)OC(=O)/C=C\C(=O)Oc1c(C(C)(C)C)cc(COCCOC(=O)/C=C\C(=O)O)cc1C(C)(C)C. The standard InChI is InChI=1S/C44H62O11/c1-14-30(27-52-26-28-21-31(41(2,3)4)39(50)32(22-28)42(5,6)7)54-37(48)17-18-38(49)55-40-33(43(8,9)10)23-29(24-34(40)44(11,12)13)25-51-19-20-53-36(47)16-15-35(45)46/h15-18,21-24,30,50H,14,19-20,25-27H2,1-13H3,(H,45,46)/b16-15-,18-17-. The fourth-order valence-electron chi connectivity index (χ4n) is 5.51. The number of carbonyl (C=O) groups is 4. The molecular formula is C44H62O11. The number of esters is 3. The molecule has 0 aliphatic rings. The number of aromatic hydroxyl groups is 1. The maximum Gasteiger partial charge on any atom is 0.336 e. The number of carboxylic acids is 1. The Morgan fingerprint density at radius 2 is 1.05 bits per heavy atom. The summed E-state index contributed by atoms with van der Waals surface area (Å²) in [5, 5.41) is 19.7. The summed E-state index contributed by atoms with van der Waals surface area (Å²) in [5.41, 5.74) is 3.48. The van der Waals surface area contributed by atoms with Gasteiger partial charge < -0.3 is 33.9 Å². The van der Waals surface area contributed by atoms with Gasteiger partial charge in [0, 0.05) is 35.4 Å². The van der Waals surface area contributed by atoms with E-state index in [-0.39, 0.29) is 43.9 Å². The molecule has 0 saturated heterocycles. The molecular weight excluding hydrogens is 704 g/mol. The van der Waals surface area contributed by atoms with E-state index >= 15 is 0 Å². The molecule has 2 N–H and O–H groups in total. The number of carboxylic acid groups (broad SMARTS) is 1. The van der Waals surface area contributed by atoms with Crippen LogP contribution in [0.5, 0.6) is 11.5 Å². The summed E-state index contributed by atoms with van der Waals surface area (Å²) >= 11 is 0. The average molecular weight is 767 g/mol. The second kappa shape index (κ2) is 19.4. The van der Waals surface area contributed by atoms with Crippen LogP contribution in [-0.2, 0) is 73.0 Å². The molecule has 0 bridgehead atoms. The number of phenols is 1. The van der Waals surface area contributed by atoms with Crippen molar-refractivity contribution < 1.29 is 53.1 Å². The minimum Gasteiger partial charge on any atom is -0.507 e. The molecule has 304 valence electrons. The van der Waals surface area contributed by atoms with Crippen LogP contribution in [0, 0.1) is 0 Å². The Labute approximate surface area is 327 Å². The van der Waals surface area contributed by atoms with Crippen molar-refractivity contribution in [1.29, 1.82) is 0 Å². The zero-order valence-electron chi connectivity index (χ0n) is 35.0. The fourth-order valence-corrected chi connectivity index (χ4v) is 5.51. The molecule has 11 heteroatoms. The van der Waals surface area contributed by atoms with Crippen LogP contribution in [0.4, 0.5) is 0 Å². The zero-order chi connectivity index (χ0) is 41.9. The third-order valence-electron chi connectivity index (χ3n) is 8.52. The summed E-state index contributed by atoms with van der Waals surface area (Å²) < 4.78 is 28.2. The van der Waals surface area contributed by atoms with Crippen molar-refractivity contribution in [2.75, 3.05) is 19.8 Å². The number of rotatable bonds is 16. The van der Waals surface area contributed by atoms with Crippen molar-refractivity contribution >= 4 is 23.9 Å². The molecule has 0 aliphatic carbocycles. The zero-order valence-corrected chi connectivity index (χ0v) is 35.0. The first-order valence-electron chi connectivity index (χ1n) is 18.6. The quantitative estimate of drug-likeness (QED) is 0.0734. The Hall–Kier alpha value is -4.48. The lowest BCUT2D eigenvalue weighted by Crippen LogP contribution is -2.23. The lowest BCUT2D eigenvalue weighted by molar-refractivity contribution is -0.147. The van der Waals surface area contributed by atoms with Gasteiger partial charge in [0.15, 0.2) is 0 Å². The Kier molecular flexibility index (Phi) is 16.5. The van der Waals surface area contributed by atoms with Gasteiger partial charge in [-0.1, -0.05) is 90.0 Å². The van der Waals surface area contributed by atoms with Crippen molar-refractivity contribution in [3.05, 3.63) is 82.0 Å². The molecule has 0 heterocycles. The molecule has 55 heavy (non-hydrogen) atoms. The minimum atomic E-state index is -1.25. The minimum absolute atomic E-state index is 0.0613. The van der Waals surface area contributed by atoms with Crippen LogP contribution < -0.4 is 4.74 Å². The van der Waals surface area contributed by atoms with E-state index < -0.39 is 40.8 Å². The highest BCUT2D eigenvalue weighted by molar-refractivity contribution is 5.93. The van der Waals surface area contributed by atoms with E-state index in [2.05, 4.69) is 41.5 Å². The molecule has 0 aromatic heterocycles. The molecule has 0 aliphatic heterocycles. The molecule has 11 nitrogen and oxygen atoms in total. The summed E-state index contributed by atoms with van der Waals surface area (Å²) in [6, 6.07) is 7.71. The summed E-state index contributed by atoms with van der Waals surface area (Å²) in [6.45, 7) is 26.8. The number of phenolic OH excluding ortho intramolecular Hbond substituents is 1. The van der Waals surface area contributed by atoms with Gasteiger partial charge in [0.1, 0.15) is 24.2 Å². The molecule has 0 fully saturated rings. The fraction of sp³-hybridized carbons (Fsp3) is 0.545. The maximum atomic E-state index is 13.2. The molecule has 0 spiro atoms. The normalized spacial score (nSPS) is 13.3. The first-order chi connectivity index (χ1) is 25.2. The van der Waals surface area contributed by atoms with Gasteiger partial charge in [-0.25, -0.2) is 19.2 Å². The van der Waals surface area contributed by atoms with Gasteiger partial charge in [0.2, 0.25) is 0 Å². The maximum absolute atomic E-state index is 13.2. The van der Waals surface area contributed by atoms with E-state index in [0.717, 1.165) is 51.6 Å². The Balaban J connectivity index is 2.13. The summed E-state index contributed by atoms with van der Waals surface area (Å²) in [7, 11) is 0. The third-order valence-corrected chi connectivity index (χ3v) is 8.52. The van der Waals surface area contributed by atoms with Crippen LogP contribution in [0.3, 0.4) is 0 Å². The van der Waals surface area contributed by atoms with E-state index in [9.17, 15) is 24.3 Å². The predicted octanol–water partition coefficient (Wildman–Crippen LogP) is 8.28. The van der Waals surface area contributed by atoms with Crippen molar-refractivity contribution in [3.63, 3.8) is 0 Å². The molecule has 2 aromatic rings. The van der Waals surface area contributed by atoms with E-state index in [1.165, 1.54) is 0 Å². The monoisotopic (exact) mass is 766 g/mol. The molecule has 0 saturated carbocycles. The first kappa shape index (κ1) is 46.7. The molecule has 1 atom stereocenters. The number of hydrogen-bond donors (Lipinski definition) is 2. The molecule has 0 radical (unpaired) electrons. The number of aliphatic carboxylic acids is 1. The van der Waals surface area contributed by atoms with Crippen molar-refractivity contribution in [1.82, 2.24) is 0 Å². The van der Waals surface area contributed by atoms with Gasteiger partial charge in [-0.2, -0.15) is 0 Å². The highest BCUT2D eigenvalue weighted by Gasteiger charge is 2.30. The van der Waals surface area contributed by atoms with E-state index in [1.54, 1.807) is 0 Å². The van der Waals surface area contributed by atoms with Crippen molar-refractivity contribution in [2.24, 2.45) is 0 Å². The van der Waals surface area contributed by atoms with E-state index in [4.69, 9.17) is 28.8 Å². The van der Waals surface area contributed by atoms with Gasteiger partial charge in [-0.3, -0.25) is 0 Å². The molecule has 2 rings (SSSR count). The lowest BCUT2D eigenvalue weighted by atomic mass is 9.78. The molecule has 2 aromatic carbocycles. The second-order valence-corrected chi connectivity index (χ2v) is 17.7. The van der Waals surface area contributed by atoms with Crippen LogP contribution >= 0.6 is 0 Å². The third kappa shape index (κ3) is 15.3. The van der Waals surface area contributed by atoms with Crippen LogP contribution in [0.15, 0.2) is 48.6 Å². The number of ether oxygens (including phenoxy) is 5. The Bertz CT molecular complexity index is 1650. The average Bonchev–Trinajstić information content (AvgIpc) is 3.04. The van der Waals surface area contributed by atoms with Crippen LogP contribution in [0.2, 0.25) is 0 Å². The Morgan fingerprint density at radius 3 is 1.51 bits per heavy atom. The molecule has 0 amide bonds. The topological polar surface area (TPSA) is 155 Å². The highest BCUT2D eigenvalue weighted by atomic mass is 16.6.